The number of carbonyl (C=O) groups excluding carboxylic acids is 1. The molecule has 6 heteroatoms. The molecule has 0 bridgehead atoms. The first-order valence-corrected chi connectivity index (χ1v) is 7.63. The van der Waals surface area contributed by atoms with Gasteiger partial charge in [-0.15, -0.1) is 0 Å². The van der Waals surface area contributed by atoms with Crippen molar-refractivity contribution in [2.45, 2.75) is 25.7 Å². The summed E-state index contributed by atoms with van der Waals surface area (Å²) in [6, 6.07) is 6.94. The van der Waals surface area contributed by atoms with Crippen LogP contribution in [0.2, 0.25) is 0 Å². The summed E-state index contributed by atoms with van der Waals surface area (Å²) >= 11 is 0. The topological polar surface area (TPSA) is 77.5 Å². The number of hydrogen-bond donors (Lipinski definition) is 0. The Labute approximate surface area is 120 Å². The molecule has 1 aromatic carbocycles. The molecule has 0 aliphatic heterocycles. The molecule has 0 radical (unpaired) electrons. The number of carboxylic acids is 1. The second kappa shape index (κ2) is 8.50. The molecule has 0 saturated heterocycles. The predicted octanol–water partition coefficient (Wildman–Crippen LogP) is 0.948. The van der Waals surface area contributed by atoms with Crippen molar-refractivity contribution in [1.82, 2.24) is 4.31 Å². The molecule has 1 rings (SSSR count). The van der Waals surface area contributed by atoms with Gasteiger partial charge < -0.3 is 9.90 Å². The Balaban J connectivity index is 0.000000621. The number of aryl methyl sites for hydroxylation is 1. The lowest BCUT2D eigenvalue weighted by molar-refractivity contribution is -0.297. The molecule has 0 aliphatic rings. The van der Waals surface area contributed by atoms with Gasteiger partial charge in [0, 0.05) is 13.1 Å². The van der Waals surface area contributed by atoms with Crippen molar-refractivity contribution in [2.24, 2.45) is 0 Å². The molecule has 0 heterocycles. The highest BCUT2D eigenvalue weighted by atomic mass is 32.2. The monoisotopic (exact) mass is 298 g/mol. The van der Waals surface area contributed by atoms with Crippen molar-refractivity contribution < 1.29 is 18.3 Å². The Morgan fingerprint density at radius 3 is 1.95 bits per heavy atom. The number of carbonyl (C=O) groups is 1. The second-order valence-electron chi connectivity index (χ2n) is 3.93. The molecule has 20 heavy (non-hydrogen) atoms. The van der Waals surface area contributed by atoms with Crippen LogP contribution in [0.4, 0.5) is 0 Å². The molecule has 0 unspecified atom stereocenters. The minimum Gasteiger partial charge on any atom is -0.545 e. The van der Waals surface area contributed by atoms with Gasteiger partial charge in [0.25, 0.3) is 0 Å². The molecule has 0 saturated carbocycles. The minimum atomic E-state index is -3.28. The molecule has 5 nitrogen and oxygen atoms in total. The molecule has 0 amide bonds. The Kier molecular flexibility index (Phi) is 7.79. The molecule has 0 spiro atoms. The largest absolute Gasteiger partial charge is 0.545 e. The van der Waals surface area contributed by atoms with E-state index >= 15 is 0 Å². The number of hydrogen-bond acceptors (Lipinski definition) is 4. The van der Waals surface area contributed by atoms with Crippen LogP contribution in [0.1, 0.15) is 19.4 Å². The third-order valence-electron chi connectivity index (χ3n) is 2.53. The van der Waals surface area contributed by atoms with Crippen LogP contribution in [-0.2, 0) is 14.8 Å². The summed E-state index contributed by atoms with van der Waals surface area (Å²) in [4.78, 5) is 9.51. The lowest BCUT2D eigenvalue weighted by Gasteiger charge is -2.18. The SMILES string of the molecule is C=CC(=O)[O-].CCN(CC)S(=O)(=O)c1ccc(C)cc1. The Hall–Kier alpha value is -1.66. The number of nitrogens with zero attached hydrogens (tertiary/aromatic N) is 1. The fourth-order valence-corrected chi connectivity index (χ4v) is 2.88. The van der Waals surface area contributed by atoms with E-state index in [0.717, 1.165) is 11.6 Å². The fraction of sp³-hybridized carbons (Fsp3) is 0.357. The number of carboxylic acid groups (broad SMARTS) is 1. The van der Waals surface area contributed by atoms with E-state index in [4.69, 9.17) is 9.90 Å². The van der Waals surface area contributed by atoms with Gasteiger partial charge in [-0.25, -0.2) is 8.42 Å². The fourth-order valence-electron chi connectivity index (χ4n) is 1.42. The average Bonchev–Trinajstić information content (AvgIpc) is 2.41. The zero-order valence-corrected chi connectivity index (χ0v) is 12.8. The molecule has 0 aromatic heterocycles. The third-order valence-corrected chi connectivity index (χ3v) is 4.59. The van der Waals surface area contributed by atoms with E-state index < -0.39 is 16.0 Å². The van der Waals surface area contributed by atoms with Gasteiger partial charge in [0.2, 0.25) is 10.0 Å². The van der Waals surface area contributed by atoms with Gasteiger partial charge in [-0.2, -0.15) is 4.31 Å². The highest BCUT2D eigenvalue weighted by Gasteiger charge is 2.20. The maximum atomic E-state index is 12.0. The molecule has 0 N–H and O–H groups in total. The highest BCUT2D eigenvalue weighted by Crippen LogP contribution is 2.15. The van der Waals surface area contributed by atoms with Gasteiger partial charge in [0.1, 0.15) is 0 Å². The van der Waals surface area contributed by atoms with E-state index in [-0.39, 0.29) is 0 Å². The van der Waals surface area contributed by atoms with E-state index in [1.165, 1.54) is 4.31 Å². The number of rotatable bonds is 5. The highest BCUT2D eigenvalue weighted by molar-refractivity contribution is 7.89. The van der Waals surface area contributed by atoms with E-state index in [0.29, 0.717) is 18.0 Å². The van der Waals surface area contributed by atoms with Crippen molar-refractivity contribution in [3.05, 3.63) is 42.5 Å². The summed E-state index contributed by atoms with van der Waals surface area (Å²) in [6.07, 6.45) is 0.722. The van der Waals surface area contributed by atoms with Crippen molar-refractivity contribution in [1.29, 1.82) is 0 Å². The lowest BCUT2D eigenvalue weighted by atomic mass is 10.2. The van der Waals surface area contributed by atoms with Crippen molar-refractivity contribution >= 4 is 16.0 Å². The van der Waals surface area contributed by atoms with Gasteiger partial charge in [-0.3, -0.25) is 0 Å². The second-order valence-corrected chi connectivity index (χ2v) is 5.86. The first-order chi connectivity index (χ1) is 9.29. The zero-order chi connectivity index (χ0) is 15.8. The van der Waals surface area contributed by atoms with E-state index in [1.54, 1.807) is 12.1 Å². The van der Waals surface area contributed by atoms with Crippen LogP contribution in [0.15, 0.2) is 41.8 Å². The molecule has 0 fully saturated rings. The third kappa shape index (κ3) is 5.54. The van der Waals surface area contributed by atoms with Gasteiger partial charge in [-0.1, -0.05) is 38.1 Å². The Morgan fingerprint density at radius 1 is 1.25 bits per heavy atom. The summed E-state index contributed by atoms with van der Waals surface area (Å²) in [7, 11) is -3.28. The van der Waals surface area contributed by atoms with Crippen LogP contribution in [0.3, 0.4) is 0 Å². The van der Waals surface area contributed by atoms with Crippen LogP contribution < -0.4 is 5.11 Å². The lowest BCUT2D eigenvalue weighted by Crippen LogP contribution is -2.30. The summed E-state index contributed by atoms with van der Waals surface area (Å²) in [5, 5.41) is 9.14. The van der Waals surface area contributed by atoms with Gasteiger partial charge in [0.05, 0.1) is 10.9 Å². The zero-order valence-electron chi connectivity index (χ0n) is 12.0. The van der Waals surface area contributed by atoms with E-state index in [2.05, 4.69) is 6.58 Å². The maximum absolute atomic E-state index is 12.0. The van der Waals surface area contributed by atoms with Crippen LogP contribution in [-0.4, -0.2) is 31.8 Å². The van der Waals surface area contributed by atoms with Crippen molar-refractivity contribution in [2.75, 3.05) is 13.1 Å². The van der Waals surface area contributed by atoms with Gasteiger partial charge in [-0.05, 0) is 25.1 Å². The maximum Gasteiger partial charge on any atom is 0.243 e. The van der Waals surface area contributed by atoms with E-state index in [1.807, 2.05) is 32.9 Å². The molecule has 1 aromatic rings. The molecule has 112 valence electrons. The van der Waals surface area contributed by atoms with Crippen molar-refractivity contribution in [3.63, 3.8) is 0 Å². The minimum absolute atomic E-state index is 0.372. The molecular formula is C14H20NO4S-. The first-order valence-electron chi connectivity index (χ1n) is 6.19. The average molecular weight is 298 g/mol. The smallest absolute Gasteiger partial charge is 0.243 e. The Bertz CT molecular complexity index is 531. The van der Waals surface area contributed by atoms with Crippen LogP contribution in [0.25, 0.3) is 0 Å². The molecular weight excluding hydrogens is 278 g/mol. The van der Waals surface area contributed by atoms with Crippen LogP contribution >= 0.6 is 0 Å². The summed E-state index contributed by atoms with van der Waals surface area (Å²) in [5.74, 6) is -1.23. The molecule has 0 atom stereocenters. The standard InChI is InChI=1S/C11H17NO2S.C3H4O2/c1-4-12(5-2)15(13,14)11-8-6-10(3)7-9-11;1-2-3(4)5/h6-9H,4-5H2,1-3H3;2H,1H2,(H,4,5)/p-1. The normalized spacial score (nSPS) is 10.6. The summed E-state index contributed by atoms with van der Waals surface area (Å²) < 4.78 is 25.5. The van der Waals surface area contributed by atoms with Crippen LogP contribution in [0, 0.1) is 6.92 Å². The van der Waals surface area contributed by atoms with E-state index in [9.17, 15) is 8.42 Å². The number of benzene rings is 1. The van der Waals surface area contributed by atoms with Crippen molar-refractivity contribution in [3.8, 4) is 0 Å². The summed E-state index contributed by atoms with van der Waals surface area (Å²) in [5.41, 5.74) is 1.06. The van der Waals surface area contributed by atoms with Gasteiger partial charge >= 0.3 is 0 Å². The number of sulfonamides is 1. The summed E-state index contributed by atoms with van der Waals surface area (Å²) in [6.45, 7) is 9.53. The predicted molar refractivity (Wildman–Crippen MR) is 76.5 cm³/mol. The quantitative estimate of drug-likeness (QED) is 0.758. The Morgan fingerprint density at radius 2 is 1.65 bits per heavy atom. The number of aliphatic carboxylic acids is 1. The van der Waals surface area contributed by atoms with Gasteiger partial charge in [0.15, 0.2) is 0 Å². The van der Waals surface area contributed by atoms with Crippen LogP contribution in [0.5, 0.6) is 0 Å². The molecule has 0 aliphatic carbocycles. The first kappa shape index (κ1) is 18.3.